The van der Waals surface area contributed by atoms with Crippen LogP contribution in [0, 0.1) is 5.92 Å². The summed E-state index contributed by atoms with van der Waals surface area (Å²) in [6.45, 7) is 11.7. The van der Waals surface area contributed by atoms with E-state index in [-0.39, 0.29) is 11.1 Å². The minimum absolute atomic E-state index is 0.0979. The number of anilines is 1. The lowest BCUT2D eigenvalue weighted by Crippen LogP contribution is -2.37. The Balaban J connectivity index is 2.05. The van der Waals surface area contributed by atoms with Crippen LogP contribution in [0.4, 0.5) is 5.95 Å². The van der Waals surface area contributed by atoms with Crippen molar-refractivity contribution in [1.82, 2.24) is 19.7 Å². The van der Waals surface area contributed by atoms with E-state index in [9.17, 15) is 4.79 Å². The zero-order valence-electron chi connectivity index (χ0n) is 15.5. The van der Waals surface area contributed by atoms with Gasteiger partial charge in [0.2, 0.25) is 5.95 Å². The normalized spacial score (nSPS) is 20.0. The largest absolute Gasteiger partial charge is 0.339 e. The monoisotopic (exact) mass is 331 g/mol. The Bertz CT molecular complexity index is 770. The number of hydrogen-bond donors (Lipinski definition) is 1. The molecule has 3 rings (SSSR count). The van der Waals surface area contributed by atoms with Gasteiger partial charge in [0, 0.05) is 12.6 Å². The molecule has 132 valence electrons. The van der Waals surface area contributed by atoms with Gasteiger partial charge in [-0.05, 0) is 46.0 Å². The Labute approximate surface area is 143 Å². The molecule has 6 nitrogen and oxygen atoms in total. The van der Waals surface area contributed by atoms with Gasteiger partial charge in [-0.25, -0.2) is 4.68 Å². The Morgan fingerprint density at radius 1 is 1.42 bits per heavy atom. The van der Waals surface area contributed by atoms with E-state index in [0.717, 1.165) is 13.0 Å². The average molecular weight is 331 g/mol. The second kappa shape index (κ2) is 6.22. The van der Waals surface area contributed by atoms with Crippen molar-refractivity contribution >= 4 is 17.0 Å². The van der Waals surface area contributed by atoms with Gasteiger partial charge in [0.1, 0.15) is 5.39 Å². The fraction of sp³-hybridized carbons (Fsp3) is 0.722. The number of aromatic nitrogens is 4. The topological polar surface area (TPSA) is 66.8 Å². The van der Waals surface area contributed by atoms with E-state index in [4.69, 9.17) is 4.98 Å². The maximum Gasteiger partial charge on any atom is 0.263 e. The van der Waals surface area contributed by atoms with Crippen molar-refractivity contribution in [3.8, 4) is 0 Å². The molecule has 3 heterocycles. The molecule has 1 aliphatic heterocycles. The van der Waals surface area contributed by atoms with Gasteiger partial charge in [-0.2, -0.15) is 10.1 Å². The molecule has 2 atom stereocenters. The van der Waals surface area contributed by atoms with Gasteiger partial charge in [0.15, 0.2) is 5.65 Å². The van der Waals surface area contributed by atoms with Crippen molar-refractivity contribution in [3.05, 3.63) is 16.6 Å². The average Bonchev–Trinajstić information content (AvgIpc) is 3.13. The summed E-state index contributed by atoms with van der Waals surface area (Å²) in [5.41, 5.74) is 0.369. The summed E-state index contributed by atoms with van der Waals surface area (Å²) in [5, 5.41) is 4.96. The number of hydrogen-bond acceptors (Lipinski definition) is 4. The first-order valence-electron chi connectivity index (χ1n) is 9.08. The molecule has 24 heavy (non-hydrogen) atoms. The highest BCUT2D eigenvalue weighted by Gasteiger charge is 2.31. The Hall–Kier alpha value is -1.85. The van der Waals surface area contributed by atoms with Gasteiger partial charge in [0.25, 0.3) is 5.56 Å². The third kappa shape index (κ3) is 2.94. The molecule has 0 bridgehead atoms. The van der Waals surface area contributed by atoms with Crippen LogP contribution in [0.2, 0.25) is 0 Å². The van der Waals surface area contributed by atoms with Crippen molar-refractivity contribution in [2.75, 3.05) is 11.4 Å². The summed E-state index contributed by atoms with van der Waals surface area (Å²) in [5.74, 6) is 1.30. The Morgan fingerprint density at radius 2 is 2.17 bits per heavy atom. The fourth-order valence-corrected chi connectivity index (χ4v) is 3.83. The minimum Gasteiger partial charge on any atom is -0.339 e. The predicted molar refractivity (Wildman–Crippen MR) is 97.6 cm³/mol. The molecule has 2 unspecified atom stereocenters. The van der Waals surface area contributed by atoms with E-state index >= 15 is 0 Å². The first-order chi connectivity index (χ1) is 11.3. The summed E-state index contributed by atoms with van der Waals surface area (Å²) >= 11 is 0. The lowest BCUT2D eigenvalue weighted by molar-refractivity contribution is 0.365. The molecule has 0 aliphatic carbocycles. The molecule has 1 fully saturated rings. The molecule has 2 aromatic heterocycles. The summed E-state index contributed by atoms with van der Waals surface area (Å²) in [4.78, 5) is 22.6. The van der Waals surface area contributed by atoms with Gasteiger partial charge >= 0.3 is 0 Å². The lowest BCUT2D eigenvalue weighted by atomic mass is 9.95. The molecule has 1 N–H and O–H groups in total. The Kier molecular flexibility index (Phi) is 4.40. The maximum atomic E-state index is 12.5. The summed E-state index contributed by atoms with van der Waals surface area (Å²) < 4.78 is 1.85. The van der Waals surface area contributed by atoms with E-state index in [1.54, 1.807) is 6.20 Å². The first kappa shape index (κ1) is 17.0. The van der Waals surface area contributed by atoms with E-state index in [1.165, 1.54) is 19.3 Å². The summed E-state index contributed by atoms with van der Waals surface area (Å²) in [6, 6.07) is 0.455. The van der Waals surface area contributed by atoms with E-state index in [2.05, 4.69) is 49.6 Å². The van der Waals surface area contributed by atoms with Gasteiger partial charge in [-0.1, -0.05) is 20.3 Å². The summed E-state index contributed by atoms with van der Waals surface area (Å²) in [7, 11) is 0. The van der Waals surface area contributed by atoms with Crippen LogP contribution in [0.15, 0.2) is 11.0 Å². The molecule has 1 saturated heterocycles. The van der Waals surface area contributed by atoms with E-state index < -0.39 is 0 Å². The SMILES string of the molecule is CCCC(C)C1CCCN1c1nc2c(cnn2C(C)(C)C)c(=O)[nH]1. The predicted octanol–water partition coefficient (Wildman–Crippen LogP) is 3.28. The van der Waals surface area contributed by atoms with Crippen LogP contribution in [0.25, 0.3) is 11.0 Å². The second-order valence-corrected chi connectivity index (χ2v) is 8.02. The molecule has 0 spiro atoms. The molecule has 0 amide bonds. The zero-order valence-corrected chi connectivity index (χ0v) is 15.5. The highest BCUT2D eigenvalue weighted by molar-refractivity contribution is 5.74. The zero-order chi connectivity index (χ0) is 17.5. The fourth-order valence-electron chi connectivity index (χ4n) is 3.83. The van der Waals surface area contributed by atoms with Crippen LogP contribution in [0.3, 0.4) is 0 Å². The summed E-state index contributed by atoms with van der Waals surface area (Å²) in [6.07, 6.45) is 6.33. The van der Waals surface area contributed by atoms with Crippen molar-refractivity contribution in [2.45, 2.75) is 71.9 Å². The molecule has 0 aromatic carbocycles. The number of aromatic amines is 1. The quantitative estimate of drug-likeness (QED) is 0.933. The van der Waals surface area contributed by atoms with Crippen LogP contribution < -0.4 is 10.5 Å². The van der Waals surface area contributed by atoms with Crippen molar-refractivity contribution in [2.24, 2.45) is 5.92 Å². The first-order valence-corrected chi connectivity index (χ1v) is 9.08. The number of H-pyrrole nitrogens is 1. The van der Waals surface area contributed by atoms with Crippen molar-refractivity contribution in [1.29, 1.82) is 0 Å². The van der Waals surface area contributed by atoms with Crippen molar-refractivity contribution in [3.63, 3.8) is 0 Å². The molecule has 0 radical (unpaired) electrons. The molecule has 2 aromatic rings. The van der Waals surface area contributed by atoms with Gasteiger partial charge in [-0.3, -0.25) is 9.78 Å². The molecule has 0 saturated carbocycles. The molecule has 1 aliphatic rings. The third-order valence-corrected chi connectivity index (χ3v) is 5.03. The number of nitrogens with one attached hydrogen (secondary N) is 1. The van der Waals surface area contributed by atoms with Crippen LogP contribution in [0.5, 0.6) is 0 Å². The molecular formula is C18H29N5O. The van der Waals surface area contributed by atoms with E-state index in [1.807, 2.05) is 4.68 Å². The Morgan fingerprint density at radius 3 is 2.83 bits per heavy atom. The van der Waals surface area contributed by atoms with Gasteiger partial charge in [0.05, 0.1) is 11.7 Å². The second-order valence-electron chi connectivity index (χ2n) is 8.02. The van der Waals surface area contributed by atoms with Crippen LogP contribution >= 0.6 is 0 Å². The van der Waals surface area contributed by atoms with Crippen molar-refractivity contribution < 1.29 is 0 Å². The number of nitrogens with zero attached hydrogens (tertiary/aromatic N) is 4. The minimum atomic E-state index is -0.209. The van der Waals surface area contributed by atoms with Crippen LogP contribution in [-0.2, 0) is 5.54 Å². The van der Waals surface area contributed by atoms with Gasteiger partial charge < -0.3 is 4.90 Å². The maximum absolute atomic E-state index is 12.5. The van der Waals surface area contributed by atoms with Crippen LogP contribution in [0.1, 0.15) is 60.3 Å². The standard InChI is InChI=1S/C18H29N5O/c1-6-8-12(2)14-9-7-10-22(14)17-20-15-13(16(24)21-17)11-19-23(15)18(3,4)5/h11-12,14H,6-10H2,1-5H3,(H,20,21,24). The molecular weight excluding hydrogens is 302 g/mol. The molecule has 6 heteroatoms. The van der Waals surface area contributed by atoms with Gasteiger partial charge in [-0.15, -0.1) is 0 Å². The number of fused-ring (bicyclic) bond motifs is 1. The highest BCUT2D eigenvalue weighted by Crippen LogP contribution is 2.30. The number of rotatable bonds is 4. The van der Waals surface area contributed by atoms with Crippen LogP contribution in [-0.4, -0.2) is 32.3 Å². The van der Waals surface area contributed by atoms with E-state index in [0.29, 0.717) is 28.9 Å². The smallest absolute Gasteiger partial charge is 0.263 e. The lowest BCUT2D eigenvalue weighted by Gasteiger charge is -2.30. The third-order valence-electron chi connectivity index (χ3n) is 5.03. The highest BCUT2D eigenvalue weighted by atomic mass is 16.1.